The zero-order valence-corrected chi connectivity index (χ0v) is 33.9. The largest absolute Gasteiger partial charge is 0.497 e. The summed E-state index contributed by atoms with van der Waals surface area (Å²) < 4.78 is 50.7. The number of aromatic nitrogens is 4. The molecule has 1 heterocycles. The summed E-state index contributed by atoms with van der Waals surface area (Å²) in [7, 11) is -0.729. The molecule has 10 nitrogen and oxygen atoms in total. The van der Waals surface area contributed by atoms with Crippen molar-refractivity contribution in [1.82, 2.24) is 24.5 Å². The molecular formula is C36H42IN5O5S2Si. The lowest BCUT2D eigenvalue weighted by molar-refractivity contribution is 0.397. The van der Waals surface area contributed by atoms with Crippen LogP contribution in [0.3, 0.4) is 0 Å². The molecule has 1 aromatic heterocycles. The first-order valence-electron chi connectivity index (χ1n) is 16.0. The van der Waals surface area contributed by atoms with Crippen molar-refractivity contribution in [3.05, 3.63) is 105 Å². The number of sulfonamides is 1. The molecular weight excluding hydrogens is 802 g/mol. The van der Waals surface area contributed by atoms with Gasteiger partial charge in [0.25, 0.3) is 0 Å². The number of halogens is 1. The number of thioether (sulfide) groups is 1. The van der Waals surface area contributed by atoms with E-state index in [2.05, 4.69) is 57.8 Å². The van der Waals surface area contributed by atoms with Crippen molar-refractivity contribution in [2.75, 3.05) is 27.1 Å². The summed E-state index contributed by atoms with van der Waals surface area (Å²) in [6, 6.07) is 27.5. The van der Waals surface area contributed by atoms with E-state index in [9.17, 15) is 0 Å². The Hall–Kier alpha value is -3.44. The van der Waals surface area contributed by atoms with Gasteiger partial charge in [-0.2, -0.15) is 4.31 Å². The van der Waals surface area contributed by atoms with E-state index in [4.69, 9.17) is 14.2 Å². The predicted molar refractivity (Wildman–Crippen MR) is 209 cm³/mol. The molecule has 5 aromatic rings. The minimum Gasteiger partial charge on any atom is -0.497 e. The van der Waals surface area contributed by atoms with Crippen LogP contribution in [-0.4, -0.2) is 68.1 Å². The quantitative estimate of drug-likeness (QED) is 0.0558. The van der Waals surface area contributed by atoms with Gasteiger partial charge in [0.2, 0.25) is 10.0 Å². The first-order chi connectivity index (χ1) is 23.9. The van der Waals surface area contributed by atoms with Gasteiger partial charge in [-0.25, -0.2) is 13.1 Å². The maximum absolute atomic E-state index is 15.4. The maximum Gasteiger partial charge on any atom is 0.245 e. The Morgan fingerprint density at radius 3 is 1.74 bits per heavy atom. The van der Waals surface area contributed by atoms with E-state index in [1.54, 1.807) is 37.8 Å². The Kier molecular flexibility index (Phi) is 12.6. The summed E-state index contributed by atoms with van der Waals surface area (Å²) in [4.78, 5) is 0.880. The molecule has 0 radical (unpaired) electrons. The first-order valence-corrected chi connectivity index (χ1v) is 23.2. The van der Waals surface area contributed by atoms with E-state index in [0.717, 1.165) is 37.8 Å². The average Bonchev–Trinajstić information content (AvgIpc) is 3.56. The van der Waals surface area contributed by atoms with Gasteiger partial charge >= 0.3 is 0 Å². The lowest BCUT2D eigenvalue weighted by Crippen LogP contribution is -2.31. The van der Waals surface area contributed by atoms with Crippen molar-refractivity contribution in [2.45, 2.75) is 55.1 Å². The molecule has 0 saturated carbocycles. The molecule has 0 unspecified atom stereocenters. The molecule has 264 valence electrons. The van der Waals surface area contributed by atoms with Crippen LogP contribution in [0.4, 0.5) is 0 Å². The maximum atomic E-state index is 15.4. The fourth-order valence-corrected chi connectivity index (χ4v) is 11.7. The summed E-state index contributed by atoms with van der Waals surface area (Å²) in [6.07, 6.45) is 0. The van der Waals surface area contributed by atoms with Gasteiger partial charge in [0.15, 0.2) is 5.82 Å². The Morgan fingerprint density at radius 2 is 1.26 bits per heavy atom. The van der Waals surface area contributed by atoms with E-state index in [1.165, 1.54) is 4.31 Å². The third kappa shape index (κ3) is 9.45. The van der Waals surface area contributed by atoms with Gasteiger partial charge < -0.3 is 14.2 Å². The van der Waals surface area contributed by atoms with Crippen molar-refractivity contribution in [3.8, 4) is 28.6 Å². The number of nitrogens with zero attached hydrogens (tertiary/aromatic N) is 5. The Bertz CT molecular complexity index is 1940. The molecule has 0 spiro atoms. The Balaban J connectivity index is 1.65. The highest BCUT2D eigenvalue weighted by Gasteiger charge is 2.34. The highest BCUT2D eigenvalue weighted by Crippen LogP contribution is 2.41. The molecule has 0 aliphatic rings. The third-order valence-electron chi connectivity index (χ3n) is 8.06. The highest BCUT2D eigenvalue weighted by atomic mass is 127. The molecule has 50 heavy (non-hydrogen) atoms. The zero-order chi connectivity index (χ0) is 35.9. The third-order valence-corrected chi connectivity index (χ3v) is 14.1. The number of tetrazole rings is 1. The predicted octanol–water partition coefficient (Wildman–Crippen LogP) is 7.84. The van der Waals surface area contributed by atoms with Crippen LogP contribution in [0.15, 0.2) is 94.7 Å². The van der Waals surface area contributed by atoms with Crippen LogP contribution >= 0.6 is 34.4 Å². The smallest absolute Gasteiger partial charge is 0.245 e. The minimum absolute atomic E-state index is 0.138. The molecule has 0 atom stereocenters. The van der Waals surface area contributed by atoms with Gasteiger partial charge in [-0.15, -0.1) is 16.9 Å². The molecule has 4 aromatic carbocycles. The normalized spacial score (nSPS) is 11.9. The van der Waals surface area contributed by atoms with Gasteiger partial charge in [0.1, 0.15) is 22.1 Å². The molecule has 0 N–H and O–H groups in total. The van der Waals surface area contributed by atoms with Crippen molar-refractivity contribution < 1.29 is 22.6 Å². The van der Waals surface area contributed by atoms with E-state index >= 15 is 8.42 Å². The highest BCUT2D eigenvalue weighted by molar-refractivity contribution is 14.1. The van der Waals surface area contributed by atoms with E-state index < -0.39 is 18.1 Å². The van der Waals surface area contributed by atoms with Crippen LogP contribution in [0, 0.1) is 3.57 Å². The summed E-state index contributed by atoms with van der Waals surface area (Å²) in [5.41, 5.74) is 3.08. The monoisotopic (exact) mass is 843 g/mol. The molecule has 0 bridgehead atoms. The van der Waals surface area contributed by atoms with Crippen LogP contribution in [0.25, 0.3) is 11.4 Å². The second-order valence-electron chi connectivity index (χ2n) is 12.9. The number of hydrogen-bond acceptors (Lipinski definition) is 9. The lowest BCUT2D eigenvalue weighted by atomic mass is 10.2. The molecule has 0 aliphatic heterocycles. The zero-order valence-electron chi connectivity index (χ0n) is 29.1. The topological polar surface area (TPSA) is 109 Å². The molecule has 5 rings (SSSR count). The van der Waals surface area contributed by atoms with Gasteiger partial charge in [-0.05, 0) is 110 Å². The standard InChI is InChI=1S/C36H42IN5O5S2Si/c1-45-29-13-7-26(8-14-29)23-41(24-27-9-15-30(46-2)16-10-27)49(43,44)35-33(48-21-22-50(4,5)6)20-19-32(37)34(35)36-38-39-40-42(36)25-28-11-17-31(47-3)18-12-28/h7-20H,21-25H2,1-6H3. The first kappa shape index (κ1) is 37.8. The Morgan fingerprint density at radius 1 is 0.760 bits per heavy atom. The number of rotatable bonds is 16. The molecule has 0 saturated heterocycles. The lowest BCUT2D eigenvalue weighted by Gasteiger charge is -2.26. The van der Waals surface area contributed by atoms with Crippen molar-refractivity contribution >= 4 is 52.4 Å². The van der Waals surface area contributed by atoms with Crippen LogP contribution in [0.2, 0.25) is 25.7 Å². The van der Waals surface area contributed by atoms with Gasteiger partial charge in [-0.3, -0.25) is 0 Å². The summed E-state index contributed by atoms with van der Waals surface area (Å²) >= 11 is 3.77. The van der Waals surface area contributed by atoms with Crippen LogP contribution in [-0.2, 0) is 29.7 Å². The van der Waals surface area contributed by atoms with Crippen molar-refractivity contribution in [3.63, 3.8) is 0 Å². The molecule has 0 fully saturated rings. The fraction of sp³-hybridized carbons (Fsp3) is 0.306. The van der Waals surface area contributed by atoms with E-state index in [0.29, 0.717) is 34.3 Å². The van der Waals surface area contributed by atoms with Gasteiger partial charge in [0, 0.05) is 29.6 Å². The fourth-order valence-electron chi connectivity index (χ4n) is 5.20. The number of ether oxygens (including phenoxy) is 3. The molecule has 0 amide bonds. The Labute approximate surface area is 313 Å². The number of hydrogen-bond donors (Lipinski definition) is 0. The van der Waals surface area contributed by atoms with Crippen molar-refractivity contribution in [1.29, 1.82) is 0 Å². The molecule has 0 aliphatic carbocycles. The summed E-state index contributed by atoms with van der Waals surface area (Å²) in [5, 5.41) is 12.8. The second-order valence-corrected chi connectivity index (χ2v) is 22.7. The number of benzene rings is 4. The molecule has 14 heteroatoms. The van der Waals surface area contributed by atoms with Crippen LogP contribution in [0.1, 0.15) is 16.7 Å². The number of methoxy groups -OCH3 is 3. The SMILES string of the molecule is COc1ccc(CN(Cc2ccc(OC)cc2)S(=O)(=O)c2c(SCC[Si](C)(C)C)ccc(I)c2-c2nnnn2Cc2ccc(OC)cc2)cc1. The van der Waals surface area contributed by atoms with E-state index in [1.807, 2.05) is 84.9 Å². The van der Waals surface area contributed by atoms with Crippen LogP contribution < -0.4 is 14.2 Å². The van der Waals surface area contributed by atoms with Gasteiger partial charge in [0.05, 0.1) is 33.4 Å². The minimum atomic E-state index is -4.17. The average molecular weight is 844 g/mol. The van der Waals surface area contributed by atoms with E-state index in [-0.39, 0.29) is 18.0 Å². The van der Waals surface area contributed by atoms with Crippen LogP contribution in [0.5, 0.6) is 17.2 Å². The second kappa shape index (κ2) is 16.7. The summed E-state index contributed by atoms with van der Waals surface area (Å²) in [5.74, 6) is 3.31. The van der Waals surface area contributed by atoms with Crippen molar-refractivity contribution in [2.24, 2.45) is 0 Å². The summed E-state index contributed by atoms with van der Waals surface area (Å²) in [6.45, 7) is 7.59. The van der Waals surface area contributed by atoms with Gasteiger partial charge in [-0.1, -0.05) is 56.0 Å².